The van der Waals surface area contributed by atoms with Gasteiger partial charge in [-0.1, -0.05) is 36.8 Å². The molecule has 0 atom stereocenters. The molecule has 2 aliphatic heterocycles. The quantitative estimate of drug-likeness (QED) is 0.669. The number of hydrogen-bond acceptors (Lipinski definition) is 4. The number of benzene rings is 2. The predicted molar refractivity (Wildman–Crippen MR) is 127 cm³/mol. The molecule has 0 aromatic heterocycles. The minimum Gasteiger partial charge on any atom is -0.368 e. The number of rotatable bonds is 6. The van der Waals surface area contributed by atoms with Crippen LogP contribution in [0.1, 0.15) is 36.8 Å². The number of nitrogens with zero attached hydrogens (tertiary/aromatic N) is 3. The third-order valence-electron chi connectivity index (χ3n) is 6.59. The van der Waals surface area contributed by atoms with E-state index in [4.69, 9.17) is 0 Å². The zero-order chi connectivity index (χ0) is 22.6. The smallest absolute Gasteiger partial charge is 0.243 e. The average Bonchev–Trinajstić information content (AvgIpc) is 2.84. The molecule has 1 amide bonds. The van der Waals surface area contributed by atoms with Gasteiger partial charge in [-0.05, 0) is 55.5 Å². The van der Waals surface area contributed by atoms with E-state index >= 15 is 0 Å². The van der Waals surface area contributed by atoms with Gasteiger partial charge in [-0.2, -0.15) is 4.31 Å². The Balaban J connectivity index is 1.28. The van der Waals surface area contributed by atoms with Gasteiger partial charge in [0.2, 0.25) is 15.9 Å². The molecule has 0 bridgehead atoms. The van der Waals surface area contributed by atoms with Crippen molar-refractivity contribution in [2.24, 2.45) is 0 Å². The first-order chi connectivity index (χ1) is 15.4. The Morgan fingerprint density at radius 1 is 0.844 bits per heavy atom. The highest BCUT2D eigenvalue weighted by Gasteiger charge is 2.26. The lowest BCUT2D eigenvalue weighted by molar-refractivity contribution is -0.131. The summed E-state index contributed by atoms with van der Waals surface area (Å²) in [5.74, 6) is 0.166. The number of aryl methyl sites for hydroxylation is 2. The first kappa shape index (κ1) is 22.8. The molecule has 7 heteroatoms. The zero-order valence-electron chi connectivity index (χ0n) is 18.9. The van der Waals surface area contributed by atoms with Crippen LogP contribution in [0.4, 0.5) is 5.69 Å². The van der Waals surface area contributed by atoms with Crippen molar-refractivity contribution >= 4 is 21.6 Å². The molecular weight excluding hydrogens is 422 g/mol. The number of para-hydroxylation sites is 1. The molecule has 2 heterocycles. The van der Waals surface area contributed by atoms with Crippen LogP contribution in [0.15, 0.2) is 53.4 Å². The molecule has 2 aliphatic rings. The van der Waals surface area contributed by atoms with Gasteiger partial charge >= 0.3 is 0 Å². The fourth-order valence-corrected chi connectivity index (χ4v) is 6.12. The van der Waals surface area contributed by atoms with E-state index < -0.39 is 10.0 Å². The summed E-state index contributed by atoms with van der Waals surface area (Å²) in [6, 6.07) is 15.4. The highest BCUT2D eigenvalue weighted by Crippen LogP contribution is 2.22. The van der Waals surface area contributed by atoms with Crippen molar-refractivity contribution in [1.82, 2.24) is 9.21 Å². The summed E-state index contributed by atoms with van der Waals surface area (Å²) in [5.41, 5.74) is 3.51. The lowest BCUT2D eigenvalue weighted by Gasteiger charge is -2.37. The Morgan fingerprint density at radius 3 is 2.16 bits per heavy atom. The van der Waals surface area contributed by atoms with E-state index in [0.29, 0.717) is 30.8 Å². The second kappa shape index (κ2) is 10.0. The summed E-state index contributed by atoms with van der Waals surface area (Å²) in [5, 5.41) is 0. The minimum absolute atomic E-state index is 0.166. The van der Waals surface area contributed by atoms with E-state index in [-0.39, 0.29) is 5.91 Å². The van der Waals surface area contributed by atoms with Crippen LogP contribution in [0.5, 0.6) is 0 Å². The Morgan fingerprint density at radius 2 is 1.50 bits per heavy atom. The SMILES string of the molecule is Cc1ccccc1N1CCN(C(=O)CCc2ccc(S(=O)(=O)N3CCCCC3)cc2)CC1. The average molecular weight is 456 g/mol. The van der Waals surface area contributed by atoms with Crippen molar-refractivity contribution in [3.63, 3.8) is 0 Å². The van der Waals surface area contributed by atoms with Gasteiger partial charge < -0.3 is 9.80 Å². The Labute approximate surface area is 191 Å². The fraction of sp³-hybridized carbons (Fsp3) is 0.480. The summed E-state index contributed by atoms with van der Waals surface area (Å²) in [7, 11) is -3.40. The number of piperazine rings is 1. The molecule has 2 saturated heterocycles. The molecule has 172 valence electrons. The van der Waals surface area contributed by atoms with Gasteiger partial charge in [0.1, 0.15) is 0 Å². The molecular formula is C25H33N3O3S. The molecule has 2 aromatic carbocycles. The fourth-order valence-electron chi connectivity index (χ4n) is 4.61. The zero-order valence-corrected chi connectivity index (χ0v) is 19.7. The minimum atomic E-state index is -3.40. The standard InChI is InChI=1S/C25H33N3O3S/c1-21-7-3-4-8-24(21)26-17-19-27(20-18-26)25(29)14-11-22-9-12-23(13-10-22)32(30,31)28-15-5-2-6-16-28/h3-4,7-10,12-13H,2,5-6,11,14-20H2,1H3. The van der Waals surface area contributed by atoms with Gasteiger partial charge in [-0.15, -0.1) is 0 Å². The van der Waals surface area contributed by atoms with Gasteiger partial charge in [-0.3, -0.25) is 4.79 Å². The first-order valence-corrected chi connectivity index (χ1v) is 13.1. The maximum Gasteiger partial charge on any atom is 0.243 e. The highest BCUT2D eigenvalue weighted by molar-refractivity contribution is 7.89. The van der Waals surface area contributed by atoms with Crippen molar-refractivity contribution in [3.05, 3.63) is 59.7 Å². The number of piperidine rings is 1. The van der Waals surface area contributed by atoms with Gasteiger partial charge in [0, 0.05) is 51.4 Å². The molecule has 0 radical (unpaired) electrons. The third kappa shape index (κ3) is 5.15. The Hall–Kier alpha value is -2.38. The predicted octanol–water partition coefficient (Wildman–Crippen LogP) is 3.45. The maximum absolute atomic E-state index is 12.8. The maximum atomic E-state index is 12.8. The van der Waals surface area contributed by atoms with Crippen molar-refractivity contribution in [2.45, 2.75) is 43.9 Å². The van der Waals surface area contributed by atoms with E-state index in [1.165, 1.54) is 11.3 Å². The largest absolute Gasteiger partial charge is 0.368 e. The number of carbonyl (C=O) groups excluding carboxylic acids is 1. The Kier molecular flexibility index (Phi) is 7.16. The van der Waals surface area contributed by atoms with Crippen LogP contribution in [0.25, 0.3) is 0 Å². The molecule has 0 saturated carbocycles. The highest BCUT2D eigenvalue weighted by atomic mass is 32.2. The topological polar surface area (TPSA) is 60.9 Å². The first-order valence-electron chi connectivity index (χ1n) is 11.6. The molecule has 2 fully saturated rings. The van der Waals surface area contributed by atoms with Crippen molar-refractivity contribution in [1.29, 1.82) is 0 Å². The molecule has 6 nitrogen and oxygen atoms in total. The van der Waals surface area contributed by atoms with Crippen LogP contribution in [-0.4, -0.2) is 62.8 Å². The van der Waals surface area contributed by atoms with E-state index in [0.717, 1.165) is 51.0 Å². The van der Waals surface area contributed by atoms with Crippen LogP contribution in [0.3, 0.4) is 0 Å². The Bertz CT molecular complexity index is 1020. The summed E-state index contributed by atoms with van der Waals surface area (Å²) in [6.07, 6.45) is 4.03. The number of amides is 1. The van der Waals surface area contributed by atoms with E-state index in [2.05, 4.69) is 30.0 Å². The molecule has 0 N–H and O–H groups in total. The second-order valence-corrected chi connectivity index (χ2v) is 10.7. The molecule has 4 rings (SSSR count). The van der Waals surface area contributed by atoms with E-state index in [1.807, 2.05) is 23.1 Å². The normalized spacial score (nSPS) is 18.0. The van der Waals surface area contributed by atoms with Gasteiger partial charge in [0.25, 0.3) is 0 Å². The van der Waals surface area contributed by atoms with Crippen LogP contribution >= 0.6 is 0 Å². The molecule has 0 spiro atoms. The monoisotopic (exact) mass is 455 g/mol. The van der Waals surface area contributed by atoms with Gasteiger partial charge in [0.15, 0.2) is 0 Å². The second-order valence-electron chi connectivity index (χ2n) is 8.76. The number of anilines is 1. The van der Waals surface area contributed by atoms with Gasteiger partial charge in [0.05, 0.1) is 4.90 Å². The van der Waals surface area contributed by atoms with Gasteiger partial charge in [-0.25, -0.2) is 8.42 Å². The number of sulfonamides is 1. The molecule has 2 aromatic rings. The van der Waals surface area contributed by atoms with Crippen LogP contribution in [-0.2, 0) is 21.2 Å². The third-order valence-corrected chi connectivity index (χ3v) is 8.51. The molecule has 0 aliphatic carbocycles. The number of hydrogen-bond donors (Lipinski definition) is 0. The van der Waals surface area contributed by atoms with Crippen LogP contribution in [0.2, 0.25) is 0 Å². The van der Waals surface area contributed by atoms with E-state index in [1.54, 1.807) is 16.4 Å². The summed E-state index contributed by atoms with van der Waals surface area (Å²) >= 11 is 0. The van der Waals surface area contributed by atoms with Crippen molar-refractivity contribution in [2.75, 3.05) is 44.2 Å². The summed E-state index contributed by atoms with van der Waals surface area (Å²) < 4.78 is 27.2. The van der Waals surface area contributed by atoms with Crippen LogP contribution in [0, 0.1) is 6.92 Å². The lowest BCUT2D eigenvalue weighted by Crippen LogP contribution is -2.49. The molecule has 32 heavy (non-hydrogen) atoms. The van der Waals surface area contributed by atoms with Crippen LogP contribution < -0.4 is 4.90 Å². The van der Waals surface area contributed by atoms with E-state index in [9.17, 15) is 13.2 Å². The number of carbonyl (C=O) groups is 1. The van der Waals surface area contributed by atoms with Crippen molar-refractivity contribution < 1.29 is 13.2 Å². The summed E-state index contributed by atoms with van der Waals surface area (Å²) in [6.45, 7) is 6.50. The summed E-state index contributed by atoms with van der Waals surface area (Å²) in [4.78, 5) is 17.4. The molecule has 0 unspecified atom stereocenters. The van der Waals surface area contributed by atoms with Crippen molar-refractivity contribution in [3.8, 4) is 0 Å². The lowest BCUT2D eigenvalue weighted by atomic mass is 10.1.